The first-order valence-corrected chi connectivity index (χ1v) is 9.24. The summed E-state index contributed by atoms with van der Waals surface area (Å²) >= 11 is 0. The molecule has 1 aliphatic heterocycles. The highest BCUT2D eigenvalue weighted by molar-refractivity contribution is 5.89. The zero-order valence-electron chi connectivity index (χ0n) is 16.2. The Kier molecular flexibility index (Phi) is 7.17. The predicted octanol–water partition coefficient (Wildman–Crippen LogP) is 1.73. The molecular weight excluding hydrogens is 330 g/mol. The van der Waals surface area contributed by atoms with Gasteiger partial charge in [0.15, 0.2) is 0 Å². The highest BCUT2D eigenvalue weighted by atomic mass is 16.5. The van der Waals surface area contributed by atoms with Crippen molar-refractivity contribution >= 4 is 11.8 Å². The Hall–Kier alpha value is -1.92. The van der Waals surface area contributed by atoms with E-state index in [9.17, 15) is 9.59 Å². The number of carbonyl (C=O) groups is 2. The normalized spacial score (nSPS) is 18.0. The molecule has 0 spiro atoms. The Morgan fingerprint density at radius 1 is 1.15 bits per heavy atom. The molecule has 1 heterocycles. The monoisotopic (exact) mass is 361 g/mol. The van der Waals surface area contributed by atoms with Gasteiger partial charge in [0.1, 0.15) is 6.04 Å². The van der Waals surface area contributed by atoms with Gasteiger partial charge < -0.3 is 15.4 Å². The van der Waals surface area contributed by atoms with Crippen LogP contribution in [0.2, 0.25) is 0 Å². The van der Waals surface area contributed by atoms with E-state index >= 15 is 0 Å². The largest absolute Gasteiger partial charge is 0.379 e. The summed E-state index contributed by atoms with van der Waals surface area (Å²) in [5.74, 6) is -0.301. The van der Waals surface area contributed by atoms with Gasteiger partial charge in [-0.25, -0.2) is 0 Å². The molecule has 144 valence electrons. The third-order valence-electron chi connectivity index (χ3n) is 4.56. The van der Waals surface area contributed by atoms with Crippen molar-refractivity contribution in [3.63, 3.8) is 0 Å². The topological polar surface area (TPSA) is 70.7 Å². The van der Waals surface area contributed by atoms with Gasteiger partial charge in [-0.2, -0.15) is 0 Å². The Labute approximate surface area is 156 Å². The van der Waals surface area contributed by atoms with Crippen LogP contribution in [0.25, 0.3) is 0 Å². The van der Waals surface area contributed by atoms with Gasteiger partial charge in [-0.1, -0.05) is 51.1 Å². The van der Waals surface area contributed by atoms with Crippen LogP contribution in [0, 0.1) is 5.41 Å². The second-order valence-electron chi connectivity index (χ2n) is 7.77. The van der Waals surface area contributed by atoms with Gasteiger partial charge in [0.25, 0.3) is 0 Å². The summed E-state index contributed by atoms with van der Waals surface area (Å²) in [6, 6.07) is 9.70. The fourth-order valence-corrected chi connectivity index (χ4v) is 2.85. The fraction of sp³-hybridized carbons (Fsp3) is 0.600. The summed E-state index contributed by atoms with van der Waals surface area (Å²) in [6.45, 7) is 10.8. The summed E-state index contributed by atoms with van der Waals surface area (Å²) in [4.78, 5) is 26.9. The number of hydrogen-bond donors (Lipinski definition) is 2. The smallest absolute Gasteiger partial charge is 0.242 e. The predicted molar refractivity (Wildman–Crippen MR) is 102 cm³/mol. The molecule has 1 aromatic rings. The molecule has 2 atom stereocenters. The van der Waals surface area contributed by atoms with Gasteiger partial charge in [0.05, 0.1) is 19.3 Å². The number of hydrogen-bond acceptors (Lipinski definition) is 4. The van der Waals surface area contributed by atoms with E-state index in [0.717, 1.165) is 13.1 Å². The van der Waals surface area contributed by atoms with E-state index in [2.05, 4.69) is 27.7 Å². The highest BCUT2D eigenvalue weighted by Crippen LogP contribution is 2.21. The van der Waals surface area contributed by atoms with E-state index in [1.54, 1.807) is 6.92 Å². The third-order valence-corrected chi connectivity index (χ3v) is 4.56. The third kappa shape index (κ3) is 5.81. The molecule has 1 aromatic carbocycles. The van der Waals surface area contributed by atoms with Crippen molar-refractivity contribution in [1.29, 1.82) is 0 Å². The van der Waals surface area contributed by atoms with Gasteiger partial charge in [-0.3, -0.25) is 14.5 Å². The number of benzene rings is 1. The Morgan fingerprint density at radius 3 is 2.35 bits per heavy atom. The van der Waals surface area contributed by atoms with Crippen LogP contribution in [0.1, 0.15) is 39.3 Å². The van der Waals surface area contributed by atoms with Crippen LogP contribution in [0.4, 0.5) is 0 Å². The maximum Gasteiger partial charge on any atom is 0.242 e. The SMILES string of the molecule is CC(NC(=O)C(C)(C)C)C(=O)NCC(c1ccccc1)N1CCOCC1. The zero-order chi connectivity index (χ0) is 19.2. The Morgan fingerprint density at radius 2 is 1.77 bits per heavy atom. The number of amides is 2. The standard InChI is InChI=1S/C20H31N3O3/c1-15(22-19(25)20(2,3)4)18(24)21-14-17(16-8-6-5-7-9-16)23-10-12-26-13-11-23/h5-9,15,17H,10-14H2,1-4H3,(H,21,24)(H,22,25). The van der Waals surface area contributed by atoms with Crippen molar-refractivity contribution in [3.05, 3.63) is 35.9 Å². The lowest BCUT2D eigenvalue weighted by Crippen LogP contribution is -2.50. The maximum absolute atomic E-state index is 12.5. The second-order valence-corrected chi connectivity index (χ2v) is 7.77. The maximum atomic E-state index is 12.5. The van der Waals surface area contributed by atoms with Crippen molar-refractivity contribution < 1.29 is 14.3 Å². The van der Waals surface area contributed by atoms with Crippen LogP contribution in [-0.4, -0.2) is 55.6 Å². The average molecular weight is 361 g/mol. The van der Waals surface area contributed by atoms with Gasteiger partial charge >= 0.3 is 0 Å². The Balaban J connectivity index is 1.97. The van der Waals surface area contributed by atoms with E-state index in [-0.39, 0.29) is 17.9 Å². The molecule has 6 heteroatoms. The van der Waals surface area contributed by atoms with E-state index in [1.807, 2.05) is 39.0 Å². The molecule has 0 aliphatic carbocycles. The van der Waals surface area contributed by atoms with Crippen molar-refractivity contribution in [2.24, 2.45) is 5.41 Å². The summed E-state index contributed by atoms with van der Waals surface area (Å²) in [5, 5.41) is 5.78. The average Bonchev–Trinajstić information content (AvgIpc) is 2.62. The molecule has 0 bridgehead atoms. The van der Waals surface area contributed by atoms with Gasteiger partial charge in [0.2, 0.25) is 11.8 Å². The lowest BCUT2D eigenvalue weighted by molar-refractivity contribution is -0.133. The molecule has 1 saturated heterocycles. The van der Waals surface area contributed by atoms with Gasteiger partial charge in [0, 0.05) is 25.0 Å². The summed E-state index contributed by atoms with van der Waals surface area (Å²) in [7, 11) is 0. The van der Waals surface area contributed by atoms with Crippen LogP contribution in [0.5, 0.6) is 0 Å². The van der Waals surface area contributed by atoms with Gasteiger partial charge in [-0.15, -0.1) is 0 Å². The molecule has 2 N–H and O–H groups in total. The van der Waals surface area contributed by atoms with E-state index in [1.165, 1.54) is 5.56 Å². The number of carbonyl (C=O) groups excluding carboxylic acids is 2. The number of nitrogens with one attached hydrogen (secondary N) is 2. The molecule has 26 heavy (non-hydrogen) atoms. The van der Waals surface area contributed by atoms with Crippen molar-refractivity contribution in [2.45, 2.75) is 39.8 Å². The molecular formula is C20H31N3O3. The first-order valence-electron chi connectivity index (χ1n) is 9.24. The molecule has 0 radical (unpaired) electrons. The minimum Gasteiger partial charge on any atom is -0.379 e. The first kappa shape index (κ1) is 20.4. The van der Waals surface area contributed by atoms with Crippen LogP contribution in [0.15, 0.2) is 30.3 Å². The molecule has 0 aromatic heterocycles. The van der Waals surface area contributed by atoms with Crippen LogP contribution in [-0.2, 0) is 14.3 Å². The van der Waals surface area contributed by atoms with Crippen LogP contribution >= 0.6 is 0 Å². The number of rotatable bonds is 6. The second kappa shape index (κ2) is 9.14. The quantitative estimate of drug-likeness (QED) is 0.809. The molecule has 2 rings (SSSR count). The van der Waals surface area contributed by atoms with E-state index in [0.29, 0.717) is 19.8 Å². The number of nitrogens with zero attached hydrogens (tertiary/aromatic N) is 1. The van der Waals surface area contributed by atoms with Crippen molar-refractivity contribution in [1.82, 2.24) is 15.5 Å². The lowest BCUT2D eigenvalue weighted by Gasteiger charge is -2.35. The van der Waals surface area contributed by atoms with Crippen LogP contribution in [0.3, 0.4) is 0 Å². The molecule has 2 unspecified atom stereocenters. The van der Waals surface area contributed by atoms with Gasteiger partial charge in [-0.05, 0) is 12.5 Å². The lowest BCUT2D eigenvalue weighted by atomic mass is 9.95. The summed E-state index contributed by atoms with van der Waals surface area (Å²) < 4.78 is 5.45. The minimum atomic E-state index is -0.567. The highest BCUT2D eigenvalue weighted by Gasteiger charge is 2.27. The van der Waals surface area contributed by atoms with Crippen molar-refractivity contribution in [3.8, 4) is 0 Å². The minimum absolute atomic E-state index is 0.0922. The molecule has 1 aliphatic rings. The summed E-state index contributed by atoms with van der Waals surface area (Å²) in [6.07, 6.45) is 0. The van der Waals surface area contributed by atoms with Crippen molar-refractivity contribution in [2.75, 3.05) is 32.8 Å². The molecule has 2 amide bonds. The summed E-state index contributed by atoms with van der Waals surface area (Å²) in [5.41, 5.74) is 0.649. The number of ether oxygens (including phenoxy) is 1. The fourth-order valence-electron chi connectivity index (χ4n) is 2.85. The molecule has 1 fully saturated rings. The van der Waals surface area contributed by atoms with E-state index < -0.39 is 11.5 Å². The number of morpholine rings is 1. The molecule has 6 nitrogen and oxygen atoms in total. The van der Waals surface area contributed by atoms with E-state index in [4.69, 9.17) is 4.74 Å². The zero-order valence-corrected chi connectivity index (χ0v) is 16.2. The van der Waals surface area contributed by atoms with Crippen LogP contribution < -0.4 is 10.6 Å². The first-order chi connectivity index (χ1) is 12.3. The molecule has 0 saturated carbocycles. The Bertz CT molecular complexity index is 592.